The standard InChI is InChI=1S/C27H23F4N3O4S/c1-33-26(35)24-19-11-18(15-3-4-15)22(12-23(19)38-25(24)16-5-7-17(28)8-6-16)34(39(36)37)13-14-2-9-21(32)20(10-14)27(29,30)31/h2,5-12,15,39H,3-4,13,32H2,1H3,(H,33,35). The van der Waals surface area contributed by atoms with Gasteiger partial charge in [-0.3, -0.25) is 9.10 Å². The molecule has 5 rings (SSSR count). The molecular weight excluding hydrogens is 538 g/mol. The van der Waals surface area contributed by atoms with E-state index < -0.39 is 40.0 Å². The van der Waals surface area contributed by atoms with E-state index in [1.54, 1.807) is 6.07 Å². The lowest BCUT2D eigenvalue weighted by atomic mass is 10.00. The van der Waals surface area contributed by atoms with Crippen LogP contribution in [0.15, 0.2) is 59.0 Å². The number of carbonyl (C=O) groups excluding carboxylic acids is 1. The zero-order chi connectivity index (χ0) is 28.1. The number of alkyl halides is 3. The smallest absolute Gasteiger partial charge is 0.418 e. The summed E-state index contributed by atoms with van der Waals surface area (Å²) in [6, 6.07) is 11.8. The fourth-order valence-corrected chi connectivity index (χ4v) is 5.23. The van der Waals surface area contributed by atoms with E-state index in [4.69, 9.17) is 10.2 Å². The van der Waals surface area contributed by atoms with Crippen LogP contribution in [0, 0.1) is 5.82 Å². The van der Waals surface area contributed by atoms with E-state index in [1.165, 1.54) is 43.4 Å². The highest BCUT2D eigenvalue weighted by Crippen LogP contribution is 2.48. The van der Waals surface area contributed by atoms with Crippen LogP contribution in [0.5, 0.6) is 0 Å². The summed E-state index contributed by atoms with van der Waals surface area (Å²) in [6.07, 6.45) is -3.15. The average molecular weight is 562 g/mol. The van der Waals surface area contributed by atoms with Crippen LogP contribution in [0.25, 0.3) is 22.3 Å². The van der Waals surface area contributed by atoms with Crippen molar-refractivity contribution >= 4 is 39.1 Å². The molecule has 0 unspecified atom stereocenters. The van der Waals surface area contributed by atoms with Gasteiger partial charge in [-0.1, -0.05) is 6.07 Å². The molecule has 1 heterocycles. The van der Waals surface area contributed by atoms with Crippen LogP contribution in [-0.4, -0.2) is 21.4 Å². The van der Waals surface area contributed by atoms with Gasteiger partial charge in [0.15, 0.2) is 0 Å². The molecule has 0 spiro atoms. The minimum absolute atomic E-state index is 0.000660. The molecule has 0 saturated heterocycles. The predicted molar refractivity (Wildman–Crippen MR) is 139 cm³/mol. The maximum absolute atomic E-state index is 13.5. The zero-order valence-electron chi connectivity index (χ0n) is 20.5. The van der Waals surface area contributed by atoms with Gasteiger partial charge in [0.2, 0.25) is 10.9 Å². The van der Waals surface area contributed by atoms with Gasteiger partial charge in [-0.25, -0.2) is 12.8 Å². The van der Waals surface area contributed by atoms with Crippen LogP contribution in [0.3, 0.4) is 0 Å². The van der Waals surface area contributed by atoms with E-state index in [1.807, 2.05) is 0 Å². The fraction of sp³-hybridized carbons (Fsp3) is 0.222. The van der Waals surface area contributed by atoms with E-state index in [-0.39, 0.29) is 40.6 Å². The van der Waals surface area contributed by atoms with Crippen LogP contribution in [0.4, 0.5) is 28.9 Å². The van der Waals surface area contributed by atoms with Crippen LogP contribution in [-0.2, 0) is 23.6 Å². The number of benzene rings is 3. The first-order valence-corrected chi connectivity index (χ1v) is 13.1. The van der Waals surface area contributed by atoms with Gasteiger partial charge in [0, 0.05) is 29.8 Å². The number of furan rings is 1. The molecule has 3 aromatic carbocycles. The second kappa shape index (κ2) is 9.92. The van der Waals surface area contributed by atoms with Gasteiger partial charge >= 0.3 is 6.18 Å². The lowest BCUT2D eigenvalue weighted by Crippen LogP contribution is -2.22. The predicted octanol–water partition coefficient (Wildman–Crippen LogP) is 5.61. The number of hydrogen-bond donors (Lipinski definition) is 3. The molecule has 0 atom stereocenters. The number of fused-ring (bicyclic) bond motifs is 1. The molecule has 12 heteroatoms. The Balaban J connectivity index is 1.67. The third kappa shape index (κ3) is 5.16. The highest BCUT2D eigenvalue weighted by Gasteiger charge is 2.34. The summed E-state index contributed by atoms with van der Waals surface area (Å²) < 4.78 is 85.7. The van der Waals surface area contributed by atoms with Gasteiger partial charge in [-0.05, 0) is 72.4 Å². The molecule has 0 aliphatic heterocycles. The lowest BCUT2D eigenvalue weighted by molar-refractivity contribution is -0.136. The van der Waals surface area contributed by atoms with E-state index in [0.717, 1.165) is 29.3 Å². The van der Waals surface area contributed by atoms with Crippen molar-refractivity contribution in [3.05, 3.63) is 82.7 Å². The topological polar surface area (TPSA) is 106 Å². The highest BCUT2D eigenvalue weighted by molar-refractivity contribution is 7.74. The SMILES string of the molecule is CNC(=O)c1c(-c2ccc(F)cc2)oc2cc(N(Cc3ccc(N)c(C(F)(F)F)c3)[SH](=O)=O)c(C3CC3)cc12. The Kier molecular flexibility index (Phi) is 6.75. The lowest BCUT2D eigenvalue weighted by Gasteiger charge is -2.22. The zero-order valence-corrected chi connectivity index (χ0v) is 21.4. The highest BCUT2D eigenvalue weighted by atomic mass is 32.2. The fourth-order valence-electron chi connectivity index (χ4n) is 4.60. The van der Waals surface area contributed by atoms with E-state index in [9.17, 15) is 30.8 Å². The summed E-state index contributed by atoms with van der Waals surface area (Å²) in [7, 11) is -1.83. The monoisotopic (exact) mass is 561 g/mol. The summed E-state index contributed by atoms with van der Waals surface area (Å²) in [6.45, 7) is -0.374. The van der Waals surface area contributed by atoms with Crippen LogP contribution in [0.2, 0.25) is 0 Å². The molecule has 0 radical (unpaired) electrons. The minimum atomic E-state index is -4.70. The van der Waals surface area contributed by atoms with Crippen molar-refractivity contribution in [2.75, 3.05) is 17.1 Å². The molecule has 3 N–H and O–H groups in total. The Hall–Kier alpha value is -4.06. The quantitative estimate of drug-likeness (QED) is 0.155. The summed E-state index contributed by atoms with van der Waals surface area (Å²) >= 11 is 0. The van der Waals surface area contributed by atoms with Crippen molar-refractivity contribution in [1.29, 1.82) is 0 Å². The third-order valence-electron chi connectivity index (χ3n) is 6.65. The molecular formula is C27H23F4N3O4S. The summed E-state index contributed by atoms with van der Waals surface area (Å²) in [5.74, 6) is -0.743. The van der Waals surface area contributed by atoms with Crippen LogP contribution in [0.1, 0.15) is 45.8 Å². The number of rotatable bonds is 7. The number of anilines is 2. The maximum Gasteiger partial charge on any atom is 0.418 e. The number of nitrogens with two attached hydrogens (primary N) is 1. The van der Waals surface area contributed by atoms with Gasteiger partial charge in [0.25, 0.3) is 5.91 Å². The second-order valence-electron chi connectivity index (χ2n) is 9.29. The minimum Gasteiger partial charge on any atom is -0.455 e. The van der Waals surface area contributed by atoms with Crippen molar-refractivity contribution in [1.82, 2.24) is 5.32 Å². The molecule has 1 aromatic heterocycles. The molecule has 1 amide bonds. The van der Waals surface area contributed by atoms with Gasteiger partial charge in [0.05, 0.1) is 23.4 Å². The van der Waals surface area contributed by atoms with Crippen molar-refractivity contribution in [2.24, 2.45) is 0 Å². The molecule has 1 fully saturated rings. The Labute approximate surface area is 222 Å². The number of thiol groups is 1. The van der Waals surface area contributed by atoms with Gasteiger partial charge < -0.3 is 15.5 Å². The third-order valence-corrected chi connectivity index (χ3v) is 7.40. The average Bonchev–Trinajstić information content (AvgIpc) is 3.67. The van der Waals surface area contributed by atoms with Crippen molar-refractivity contribution in [2.45, 2.75) is 31.5 Å². The Morgan fingerprint density at radius 2 is 1.79 bits per heavy atom. The number of nitrogens with zero attached hydrogens (tertiary/aromatic N) is 1. The normalized spacial score (nSPS) is 13.7. The van der Waals surface area contributed by atoms with Crippen molar-refractivity contribution < 1.29 is 35.2 Å². The van der Waals surface area contributed by atoms with E-state index in [0.29, 0.717) is 16.5 Å². The number of carbonyl (C=O) groups is 1. The number of nitrogen functional groups attached to an aromatic ring is 1. The van der Waals surface area contributed by atoms with Crippen LogP contribution >= 0.6 is 0 Å². The van der Waals surface area contributed by atoms with Crippen molar-refractivity contribution in [3.8, 4) is 11.3 Å². The van der Waals surface area contributed by atoms with Gasteiger partial charge in [0.1, 0.15) is 17.2 Å². The number of hydrogen-bond acceptors (Lipinski definition) is 5. The second-order valence-corrected chi connectivity index (χ2v) is 10.2. The van der Waals surface area contributed by atoms with Crippen LogP contribution < -0.4 is 15.4 Å². The summed E-state index contributed by atoms with van der Waals surface area (Å²) in [4.78, 5) is 12.9. The number of nitrogens with one attached hydrogen (secondary N) is 1. The Morgan fingerprint density at radius 1 is 1.10 bits per heavy atom. The molecule has 4 aromatic rings. The maximum atomic E-state index is 13.5. The number of halogens is 4. The van der Waals surface area contributed by atoms with E-state index in [2.05, 4.69) is 5.32 Å². The molecule has 1 aliphatic rings. The molecule has 1 aliphatic carbocycles. The molecule has 39 heavy (non-hydrogen) atoms. The largest absolute Gasteiger partial charge is 0.455 e. The first-order chi connectivity index (χ1) is 18.5. The first kappa shape index (κ1) is 26.5. The molecule has 204 valence electrons. The van der Waals surface area contributed by atoms with Gasteiger partial charge in [-0.15, -0.1) is 0 Å². The Bertz CT molecular complexity index is 1650. The molecule has 7 nitrogen and oxygen atoms in total. The molecule has 1 saturated carbocycles. The van der Waals surface area contributed by atoms with Gasteiger partial charge in [-0.2, -0.15) is 13.2 Å². The van der Waals surface area contributed by atoms with E-state index >= 15 is 0 Å². The van der Waals surface area contributed by atoms with Crippen molar-refractivity contribution in [3.63, 3.8) is 0 Å². The summed E-state index contributed by atoms with van der Waals surface area (Å²) in [5, 5.41) is 3.01. The Morgan fingerprint density at radius 3 is 2.38 bits per heavy atom. The molecule has 0 bridgehead atoms. The first-order valence-electron chi connectivity index (χ1n) is 11.9. The number of amides is 1. The summed E-state index contributed by atoms with van der Waals surface area (Å²) in [5.41, 5.74) is 5.80.